The molecule has 1 atom stereocenters. The maximum absolute atomic E-state index is 13.6. The molecule has 24 heavy (non-hydrogen) atoms. The Morgan fingerprint density at radius 3 is 2.79 bits per heavy atom. The number of nitrogens with zero attached hydrogens (tertiary/aromatic N) is 2. The quantitative estimate of drug-likeness (QED) is 0.846. The van der Waals surface area contributed by atoms with Gasteiger partial charge in [-0.25, -0.2) is 9.18 Å². The van der Waals surface area contributed by atoms with Crippen LogP contribution in [0.15, 0.2) is 18.2 Å². The van der Waals surface area contributed by atoms with Gasteiger partial charge in [-0.2, -0.15) is 0 Å². The second-order valence-corrected chi connectivity index (χ2v) is 6.19. The van der Waals surface area contributed by atoms with Crippen LogP contribution in [-0.4, -0.2) is 46.8 Å². The first-order chi connectivity index (χ1) is 11.5. The monoisotopic (exact) mass is 333 g/mol. The number of nitrogens with one attached hydrogen (secondary N) is 1. The van der Waals surface area contributed by atoms with Gasteiger partial charge in [-0.15, -0.1) is 0 Å². The molecule has 0 saturated carbocycles. The number of carbonyl (C=O) groups excluding carboxylic acids is 3. The zero-order valence-corrected chi connectivity index (χ0v) is 13.5. The van der Waals surface area contributed by atoms with E-state index >= 15 is 0 Å². The minimum Gasteiger partial charge on any atom is -0.322 e. The van der Waals surface area contributed by atoms with E-state index in [4.69, 9.17) is 0 Å². The zero-order chi connectivity index (χ0) is 17.3. The van der Waals surface area contributed by atoms with Crippen molar-refractivity contribution in [3.8, 4) is 0 Å². The molecule has 2 aliphatic rings. The number of rotatable bonds is 2. The molecule has 7 heteroatoms. The summed E-state index contributed by atoms with van der Waals surface area (Å²) in [5.74, 6) is -0.919. The number of halogens is 1. The minimum absolute atomic E-state index is 0.0547. The van der Waals surface area contributed by atoms with Crippen molar-refractivity contribution in [1.82, 2.24) is 9.80 Å². The van der Waals surface area contributed by atoms with E-state index < -0.39 is 11.6 Å². The predicted octanol–water partition coefficient (Wildman–Crippen LogP) is 2.60. The lowest BCUT2D eigenvalue weighted by atomic mass is 10.0. The number of fused-ring (bicyclic) bond motifs is 1. The number of amides is 3. The van der Waals surface area contributed by atoms with Crippen LogP contribution in [0.4, 0.5) is 14.9 Å². The van der Waals surface area contributed by atoms with Gasteiger partial charge in [0, 0.05) is 25.2 Å². The van der Waals surface area contributed by atoms with E-state index in [9.17, 15) is 18.8 Å². The molecule has 0 aliphatic carbocycles. The van der Waals surface area contributed by atoms with Crippen molar-refractivity contribution in [1.29, 1.82) is 0 Å². The number of carbonyl (C=O) groups is 3. The van der Waals surface area contributed by atoms with Gasteiger partial charge in [-0.3, -0.25) is 9.59 Å². The fraction of sp³-hybridized carbons (Fsp3) is 0.471. The van der Waals surface area contributed by atoms with E-state index in [-0.39, 0.29) is 23.7 Å². The van der Waals surface area contributed by atoms with Crippen molar-refractivity contribution in [3.05, 3.63) is 29.6 Å². The molecule has 6 nitrogen and oxygen atoms in total. The highest BCUT2D eigenvalue weighted by atomic mass is 19.1. The van der Waals surface area contributed by atoms with Gasteiger partial charge >= 0.3 is 6.03 Å². The fourth-order valence-electron chi connectivity index (χ4n) is 3.34. The van der Waals surface area contributed by atoms with Crippen molar-refractivity contribution in [2.75, 3.05) is 18.4 Å². The smallest absolute Gasteiger partial charge is 0.322 e. The second-order valence-electron chi connectivity index (χ2n) is 6.19. The van der Waals surface area contributed by atoms with Gasteiger partial charge in [0.2, 0.25) is 5.91 Å². The summed E-state index contributed by atoms with van der Waals surface area (Å²) < 4.78 is 13.6. The number of hydrogen-bond donors (Lipinski definition) is 1. The average Bonchev–Trinajstić information content (AvgIpc) is 2.57. The van der Waals surface area contributed by atoms with Crippen LogP contribution < -0.4 is 5.32 Å². The number of anilines is 1. The van der Waals surface area contributed by atoms with E-state index in [0.29, 0.717) is 25.2 Å². The Morgan fingerprint density at radius 2 is 2.04 bits per heavy atom. The van der Waals surface area contributed by atoms with Gasteiger partial charge in [0.05, 0.1) is 5.56 Å². The van der Waals surface area contributed by atoms with Crippen molar-refractivity contribution >= 4 is 23.4 Å². The third-order valence-corrected chi connectivity index (χ3v) is 4.58. The van der Waals surface area contributed by atoms with Crippen molar-refractivity contribution in [2.45, 2.75) is 38.8 Å². The second kappa shape index (κ2) is 6.59. The summed E-state index contributed by atoms with van der Waals surface area (Å²) in [6.07, 6.45) is 2.79. The fourth-order valence-corrected chi connectivity index (χ4v) is 3.34. The van der Waals surface area contributed by atoms with Crippen LogP contribution >= 0.6 is 0 Å². The van der Waals surface area contributed by atoms with Gasteiger partial charge in [0.25, 0.3) is 0 Å². The van der Waals surface area contributed by atoms with Crippen LogP contribution in [0.2, 0.25) is 0 Å². The van der Waals surface area contributed by atoms with Gasteiger partial charge in [-0.05, 0) is 44.4 Å². The molecule has 2 fully saturated rings. The Bertz CT molecular complexity index is 692. The number of benzene rings is 1. The van der Waals surface area contributed by atoms with Gasteiger partial charge in [-0.1, -0.05) is 0 Å². The number of urea groups is 1. The topological polar surface area (TPSA) is 69.7 Å². The van der Waals surface area contributed by atoms with Crippen LogP contribution in [0, 0.1) is 5.82 Å². The molecule has 0 bridgehead atoms. The summed E-state index contributed by atoms with van der Waals surface area (Å²) in [5, 5.41) is 2.71. The molecule has 0 radical (unpaired) electrons. The lowest BCUT2D eigenvalue weighted by Gasteiger charge is -2.46. The first-order valence-corrected chi connectivity index (χ1v) is 8.15. The maximum Gasteiger partial charge on any atom is 0.323 e. The highest BCUT2D eigenvalue weighted by Gasteiger charge is 2.37. The normalized spacial score (nSPS) is 20.6. The summed E-state index contributed by atoms with van der Waals surface area (Å²) >= 11 is 0. The van der Waals surface area contributed by atoms with Crippen molar-refractivity contribution in [3.63, 3.8) is 0 Å². The number of Topliss-reactive ketones (excluding diaryl/α,β-unsaturated/α-hetero) is 1. The van der Waals surface area contributed by atoms with E-state index in [1.807, 2.05) is 0 Å². The van der Waals surface area contributed by atoms with E-state index in [2.05, 4.69) is 5.32 Å². The molecule has 0 aromatic heterocycles. The molecule has 2 heterocycles. The molecule has 2 saturated heterocycles. The first kappa shape index (κ1) is 16.4. The Morgan fingerprint density at radius 1 is 1.25 bits per heavy atom. The van der Waals surface area contributed by atoms with Crippen LogP contribution in [0.1, 0.15) is 43.0 Å². The largest absolute Gasteiger partial charge is 0.323 e. The van der Waals surface area contributed by atoms with Crippen molar-refractivity contribution in [2.24, 2.45) is 0 Å². The third kappa shape index (κ3) is 3.11. The van der Waals surface area contributed by atoms with Gasteiger partial charge in [0.1, 0.15) is 12.0 Å². The average molecular weight is 333 g/mol. The number of ketones is 1. The standard InChI is InChI=1S/C17H20FN3O3/c1-11(22)13-10-12(5-6-14(13)18)19-17(24)21-9-7-16(23)20-8-3-2-4-15(20)21/h5-6,10,15H,2-4,7-9H2,1H3,(H,19,24). The molecule has 1 unspecified atom stereocenters. The predicted molar refractivity (Wildman–Crippen MR) is 86.1 cm³/mol. The third-order valence-electron chi connectivity index (χ3n) is 4.58. The molecule has 0 spiro atoms. The van der Waals surface area contributed by atoms with Gasteiger partial charge in [0.15, 0.2) is 5.78 Å². The Balaban J connectivity index is 1.76. The lowest BCUT2D eigenvalue weighted by molar-refractivity contribution is -0.144. The molecule has 3 rings (SSSR count). The lowest BCUT2D eigenvalue weighted by Crippen LogP contribution is -2.60. The molecule has 1 aromatic carbocycles. The number of hydrogen-bond acceptors (Lipinski definition) is 3. The molecular formula is C17H20FN3O3. The first-order valence-electron chi connectivity index (χ1n) is 8.15. The van der Waals surface area contributed by atoms with Crippen LogP contribution in [-0.2, 0) is 4.79 Å². The van der Waals surface area contributed by atoms with Crippen LogP contribution in [0.5, 0.6) is 0 Å². The van der Waals surface area contributed by atoms with E-state index in [1.54, 1.807) is 9.80 Å². The van der Waals surface area contributed by atoms with Crippen LogP contribution in [0.3, 0.4) is 0 Å². The van der Waals surface area contributed by atoms with Crippen LogP contribution in [0.25, 0.3) is 0 Å². The molecular weight excluding hydrogens is 313 g/mol. The Hall–Kier alpha value is -2.44. The Labute approximate surface area is 139 Å². The molecule has 3 amide bonds. The summed E-state index contributed by atoms with van der Waals surface area (Å²) in [4.78, 5) is 39.4. The summed E-state index contributed by atoms with van der Waals surface area (Å²) in [7, 11) is 0. The molecule has 1 N–H and O–H groups in total. The summed E-state index contributed by atoms with van der Waals surface area (Å²) in [5.41, 5.74) is 0.312. The minimum atomic E-state index is -0.609. The summed E-state index contributed by atoms with van der Waals surface area (Å²) in [6.45, 7) is 2.32. The molecule has 128 valence electrons. The molecule has 2 aliphatic heterocycles. The highest BCUT2D eigenvalue weighted by molar-refractivity contribution is 5.97. The highest BCUT2D eigenvalue weighted by Crippen LogP contribution is 2.26. The SMILES string of the molecule is CC(=O)c1cc(NC(=O)N2CCC(=O)N3CCCCC32)ccc1F. The van der Waals surface area contributed by atoms with E-state index in [1.165, 1.54) is 25.1 Å². The summed E-state index contributed by atoms with van der Waals surface area (Å²) in [6, 6.07) is 3.59. The molecule has 1 aromatic rings. The number of piperidine rings is 1. The zero-order valence-electron chi connectivity index (χ0n) is 13.5. The van der Waals surface area contributed by atoms with Gasteiger partial charge < -0.3 is 15.1 Å². The Kier molecular flexibility index (Phi) is 4.51. The van der Waals surface area contributed by atoms with E-state index in [0.717, 1.165) is 19.3 Å². The maximum atomic E-state index is 13.6. The van der Waals surface area contributed by atoms with Crippen molar-refractivity contribution < 1.29 is 18.8 Å².